The SMILES string of the molecule is Nc1ccc(S(=O)(=O)CC(=O)O)cc1C(=O)O. The fourth-order valence-corrected chi connectivity index (χ4v) is 2.22. The van der Waals surface area contributed by atoms with Crippen molar-refractivity contribution in [2.75, 3.05) is 11.5 Å². The number of rotatable bonds is 4. The molecule has 0 aliphatic carbocycles. The monoisotopic (exact) mass is 259 g/mol. The molecule has 1 aromatic carbocycles. The van der Waals surface area contributed by atoms with Crippen molar-refractivity contribution in [1.82, 2.24) is 0 Å². The highest BCUT2D eigenvalue weighted by Gasteiger charge is 2.21. The number of carboxylic acids is 2. The van der Waals surface area contributed by atoms with Gasteiger partial charge in [0.15, 0.2) is 15.6 Å². The standard InChI is InChI=1S/C9H9NO6S/c10-7-2-1-5(3-6(7)9(13)14)17(15,16)4-8(11)12/h1-3H,4,10H2,(H,11,12)(H,13,14). The Morgan fingerprint density at radius 3 is 2.29 bits per heavy atom. The predicted octanol–water partition coefficient (Wildman–Crippen LogP) is -0.175. The smallest absolute Gasteiger partial charge is 0.337 e. The summed E-state index contributed by atoms with van der Waals surface area (Å²) in [5.41, 5.74) is 4.87. The maximum atomic E-state index is 11.5. The lowest BCUT2D eigenvalue weighted by atomic mass is 10.2. The minimum absolute atomic E-state index is 0.0909. The Morgan fingerprint density at radius 2 is 1.82 bits per heavy atom. The highest BCUT2D eigenvalue weighted by atomic mass is 32.2. The second-order valence-corrected chi connectivity index (χ2v) is 5.20. The zero-order valence-corrected chi connectivity index (χ0v) is 9.27. The molecule has 1 aromatic rings. The van der Waals surface area contributed by atoms with Crippen LogP contribution in [0.5, 0.6) is 0 Å². The molecule has 0 aromatic heterocycles. The number of sulfone groups is 1. The zero-order chi connectivity index (χ0) is 13.2. The van der Waals surface area contributed by atoms with Gasteiger partial charge in [-0.25, -0.2) is 13.2 Å². The first-order valence-electron chi connectivity index (χ1n) is 4.31. The molecule has 0 spiro atoms. The minimum Gasteiger partial charge on any atom is -0.480 e. The fourth-order valence-electron chi connectivity index (χ4n) is 1.16. The van der Waals surface area contributed by atoms with E-state index in [0.717, 1.165) is 18.2 Å². The second-order valence-electron chi connectivity index (χ2n) is 3.21. The molecular weight excluding hydrogens is 250 g/mol. The molecule has 0 unspecified atom stereocenters. The molecule has 0 radical (unpaired) electrons. The van der Waals surface area contributed by atoms with Gasteiger partial charge in [0.25, 0.3) is 0 Å². The molecule has 8 heteroatoms. The first-order chi connectivity index (χ1) is 7.74. The summed E-state index contributed by atoms with van der Waals surface area (Å²) in [4.78, 5) is 20.7. The van der Waals surface area contributed by atoms with Crippen LogP contribution in [0.25, 0.3) is 0 Å². The van der Waals surface area contributed by atoms with Crippen LogP contribution in [0.15, 0.2) is 23.1 Å². The molecule has 0 saturated carbocycles. The van der Waals surface area contributed by atoms with E-state index < -0.39 is 27.5 Å². The van der Waals surface area contributed by atoms with E-state index in [1.807, 2.05) is 0 Å². The highest BCUT2D eigenvalue weighted by Crippen LogP contribution is 2.19. The molecule has 0 fully saturated rings. The summed E-state index contributed by atoms with van der Waals surface area (Å²) >= 11 is 0. The van der Waals surface area contributed by atoms with Gasteiger partial charge in [0.2, 0.25) is 0 Å². The first kappa shape index (κ1) is 13.0. The number of hydrogen-bond acceptors (Lipinski definition) is 5. The number of carboxylic acid groups (broad SMARTS) is 2. The van der Waals surface area contributed by atoms with E-state index >= 15 is 0 Å². The Morgan fingerprint density at radius 1 is 1.24 bits per heavy atom. The van der Waals surface area contributed by atoms with Gasteiger partial charge in [-0.15, -0.1) is 0 Å². The number of nitrogen functional groups attached to an aromatic ring is 1. The van der Waals surface area contributed by atoms with Gasteiger partial charge in [-0.2, -0.15) is 0 Å². The van der Waals surface area contributed by atoms with Crippen molar-refractivity contribution in [1.29, 1.82) is 0 Å². The third kappa shape index (κ3) is 2.94. The van der Waals surface area contributed by atoms with Crippen molar-refractivity contribution in [2.24, 2.45) is 0 Å². The summed E-state index contributed by atoms with van der Waals surface area (Å²) in [5, 5.41) is 17.2. The van der Waals surface area contributed by atoms with Crippen molar-refractivity contribution in [2.45, 2.75) is 4.90 Å². The van der Waals surface area contributed by atoms with Crippen LogP contribution in [0.1, 0.15) is 10.4 Å². The Labute approximate surface area is 96.4 Å². The lowest BCUT2D eigenvalue weighted by molar-refractivity contribution is -0.134. The van der Waals surface area contributed by atoms with E-state index in [1.165, 1.54) is 0 Å². The summed E-state index contributed by atoms with van der Waals surface area (Å²) in [5.74, 6) is -4.00. The van der Waals surface area contributed by atoms with E-state index in [1.54, 1.807) is 0 Å². The number of aliphatic carboxylic acids is 1. The van der Waals surface area contributed by atoms with Gasteiger partial charge >= 0.3 is 11.9 Å². The number of nitrogens with two attached hydrogens (primary N) is 1. The first-order valence-corrected chi connectivity index (χ1v) is 5.96. The third-order valence-electron chi connectivity index (χ3n) is 1.93. The van der Waals surface area contributed by atoms with Gasteiger partial charge in [0, 0.05) is 5.69 Å². The van der Waals surface area contributed by atoms with Gasteiger partial charge in [-0.3, -0.25) is 4.79 Å². The fraction of sp³-hybridized carbons (Fsp3) is 0.111. The molecule has 4 N–H and O–H groups in total. The molecule has 0 amide bonds. The Hall–Kier alpha value is -2.09. The van der Waals surface area contributed by atoms with Crippen LogP contribution in [0, 0.1) is 0 Å². The van der Waals surface area contributed by atoms with E-state index in [9.17, 15) is 18.0 Å². The molecule has 92 valence electrons. The van der Waals surface area contributed by atoms with Gasteiger partial charge in [0.1, 0.15) is 0 Å². The molecule has 0 bridgehead atoms. The molecule has 7 nitrogen and oxygen atoms in total. The van der Waals surface area contributed by atoms with Crippen LogP contribution in [0.2, 0.25) is 0 Å². The van der Waals surface area contributed by atoms with Crippen LogP contribution in [-0.2, 0) is 14.6 Å². The molecule has 0 aliphatic heterocycles. The number of anilines is 1. The quantitative estimate of drug-likeness (QED) is 0.638. The van der Waals surface area contributed by atoms with Crippen LogP contribution in [0.4, 0.5) is 5.69 Å². The van der Waals surface area contributed by atoms with Crippen molar-refractivity contribution >= 4 is 27.5 Å². The Bertz CT molecular complexity index is 577. The van der Waals surface area contributed by atoms with Gasteiger partial charge in [-0.1, -0.05) is 0 Å². The maximum absolute atomic E-state index is 11.5. The number of benzene rings is 1. The lowest BCUT2D eigenvalue weighted by Gasteiger charge is -2.05. The molecule has 17 heavy (non-hydrogen) atoms. The van der Waals surface area contributed by atoms with Crippen LogP contribution < -0.4 is 5.73 Å². The normalized spacial score (nSPS) is 11.1. The summed E-state index contributed by atoms with van der Waals surface area (Å²) in [6, 6.07) is 3.02. The summed E-state index contributed by atoms with van der Waals surface area (Å²) < 4.78 is 23.0. The Kier molecular flexibility index (Phi) is 3.37. The van der Waals surface area contributed by atoms with Gasteiger partial charge < -0.3 is 15.9 Å². The van der Waals surface area contributed by atoms with E-state index in [0.29, 0.717) is 0 Å². The molecule has 0 atom stereocenters. The molecular formula is C9H9NO6S. The van der Waals surface area contributed by atoms with Crippen molar-refractivity contribution in [3.05, 3.63) is 23.8 Å². The highest BCUT2D eigenvalue weighted by molar-refractivity contribution is 7.92. The summed E-state index contributed by atoms with van der Waals surface area (Å²) in [6.45, 7) is 0. The second kappa shape index (κ2) is 4.42. The van der Waals surface area contributed by atoms with Crippen molar-refractivity contribution < 1.29 is 28.2 Å². The topological polar surface area (TPSA) is 135 Å². The average molecular weight is 259 g/mol. The number of hydrogen-bond donors (Lipinski definition) is 3. The molecule has 0 aliphatic rings. The predicted molar refractivity (Wildman–Crippen MR) is 57.5 cm³/mol. The average Bonchev–Trinajstić information content (AvgIpc) is 2.15. The maximum Gasteiger partial charge on any atom is 0.337 e. The van der Waals surface area contributed by atoms with E-state index in [2.05, 4.69) is 0 Å². The van der Waals surface area contributed by atoms with Crippen LogP contribution in [0.3, 0.4) is 0 Å². The van der Waals surface area contributed by atoms with Gasteiger partial charge in [-0.05, 0) is 18.2 Å². The largest absolute Gasteiger partial charge is 0.480 e. The molecule has 0 heterocycles. The zero-order valence-electron chi connectivity index (χ0n) is 8.45. The third-order valence-corrected chi connectivity index (χ3v) is 3.53. The number of aromatic carboxylic acids is 1. The van der Waals surface area contributed by atoms with E-state index in [4.69, 9.17) is 15.9 Å². The molecule has 0 saturated heterocycles. The van der Waals surface area contributed by atoms with Crippen molar-refractivity contribution in [3.8, 4) is 0 Å². The Balaban J connectivity index is 3.30. The molecule has 1 rings (SSSR count). The summed E-state index contributed by atoms with van der Waals surface area (Å²) in [6.07, 6.45) is 0. The van der Waals surface area contributed by atoms with Crippen LogP contribution in [-0.4, -0.2) is 36.3 Å². The lowest BCUT2D eigenvalue weighted by Crippen LogP contribution is -2.16. The van der Waals surface area contributed by atoms with E-state index in [-0.39, 0.29) is 16.1 Å². The number of carbonyl (C=O) groups is 2. The van der Waals surface area contributed by atoms with Gasteiger partial charge in [0.05, 0.1) is 10.5 Å². The summed E-state index contributed by atoms with van der Waals surface area (Å²) in [7, 11) is -4.05. The van der Waals surface area contributed by atoms with Crippen LogP contribution >= 0.6 is 0 Å². The minimum atomic E-state index is -4.05. The van der Waals surface area contributed by atoms with Crippen molar-refractivity contribution in [3.63, 3.8) is 0 Å².